The summed E-state index contributed by atoms with van der Waals surface area (Å²) in [5, 5.41) is 49.1. The Morgan fingerprint density at radius 3 is 2.17 bits per heavy atom. The molecule has 0 radical (unpaired) electrons. The van der Waals surface area contributed by atoms with Crippen molar-refractivity contribution in [2.24, 2.45) is 17.6 Å². The Morgan fingerprint density at radius 1 is 0.857 bits per heavy atom. The maximum atomic E-state index is 14.6. The molecule has 1 aromatic heterocycles. The number of primary amides is 1. The summed E-state index contributed by atoms with van der Waals surface area (Å²) in [5.74, 6) is -11.4. The average Bonchev–Trinajstić information content (AvgIpc) is 3.80. The number of hydrogen-bond donors (Lipinski definition) is 12. The first-order valence-electron chi connectivity index (χ1n) is 20.4. The lowest BCUT2D eigenvalue weighted by Gasteiger charge is -2.32. The fourth-order valence-electron chi connectivity index (χ4n) is 7.59. The van der Waals surface area contributed by atoms with Gasteiger partial charge in [0, 0.05) is 36.8 Å². The molecule has 11 atom stereocenters. The monoisotopic (exact) mass is 902 g/mol. The van der Waals surface area contributed by atoms with E-state index in [9.17, 15) is 62.7 Å². The molecule has 1 fully saturated rings. The number of H-pyrrole nitrogens is 1. The largest absolute Gasteiger partial charge is 0.508 e. The van der Waals surface area contributed by atoms with E-state index in [0.29, 0.717) is 11.8 Å². The third-order valence-electron chi connectivity index (χ3n) is 11.5. The predicted molar refractivity (Wildman–Crippen MR) is 221 cm³/mol. The molecule has 1 saturated heterocycles. The highest BCUT2D eigenvalue weighted by Crippen LogP contribution is 2.30. The van der Waals surface area contributed by atoms with Gasteiger partial charge in [-0.3, -0.25) is 47.4 Å². The molecule has 63 heavy (non-hydrogen) atoms. The minimum atomic E-state index is -2.35. The second-order valence-corrected chi connectivity index (χ2v) is 17.6. The highest BCUT2D eigenvalue weighted by Gasteiger charge is 2.45. The van der Waals surface area contributed by atoms with E-state index in [4.69, 9.17) is 5.73 Å². The molecule has 5 rings (SSSR count). The lowest BCUT2D eigenvalue weighted by Crippen LogP contribution is -2.62. The summed E-state index contributed by atoms with van der Waals surface area (Å²) in [5.41, 5.74) is 5.80. The van der Waals surface area contributed by atoms with E-state index < -0.39 is 162 Å². The van der Waals surface area contributed by atoms with Gasteiger partial charge >= 0.3 is 0 Å². The first-order valence-corrected chi connectivity index (χ1v) is 21.7. The van der Waals surface area contributed by atoms with Crippen LogP contribution in [0.2, 0.25) is 0 Å². The molecule has 1 aromatic carbocycles. The van der Waals surface area contributed by atoms with Crippen molar-refractivity contribution in [2.45, 2.75) is 107 Å². The van der Waals surface area contributed by atoms with Gasteiger partial charge in [-0.1, -0.05) is 27.2 Å². The molecule has 2 aromatic rings. The van der Waals surface area contributed by atoms with E-state index in [1.807, 2.05) is 0 Å². The fraction of sp³-hybridized carbons (Fsp3) is 0.564. The molecular weight excluding hydrogens is 849 g/mol. The zero-order chi connectivity index (χ0) is 46.4. The van der Waals surface area contributed by atoms with Crippen molar-refractivity contribution in [1.82, 2.24) is 47.1 Å². The molecule has 24 heteroatoms. The molecule has 9 amide bonds. The number of phenols is 1. The summed E-state index contributed by atoms with van der Waals surface area (Å²) in [6.07, 6.45) is -3.85. The fourth-order valence-corrected chi connectivity index (χ4v) is 8.99. The number of rotatable bonds is 6. The Bertz CT molecular complexity index is 2180. The zero-order valence-corrected chi connectivity index (χ0v) is 35.8. The molecular formula is C39H54N10O13S. The number of nitrogens with zero attached hydrogens (tertiary/aromatic N) is 1. The zero-order valence-electron chi connectivity index (χ0n) is 35.0. The van der Waals surface area contributed by atoms with Crippen molar-refractivity contribution in [3.05, 3.63) is 23.8 Å². The number of aromatic nitrogens is 1. The number of nitrogens with one attached hydrogen (secondary N) is 8. The summed E-state index contributed by atoms with van der Waals surface area (Å²) < 4.78 is 14.6. The summed E-state index contributed by atoms with van der Waals surface area (Å²) in [6, 6.07) is -5.57. The van der Waals surface area contributed by atoms with E-state index in [1.165, 1.54) is 32.0 Å². The molecule has 23 nitrogen and oxygen atoms in total. The van der Waals surface area contributed by atoms with Crippen LogP contribution in [0.3, 0.4) is 0 Å². The van der Waals surface area contributed by atoms with Crippen LogP contribution in [0.15, 0.2) is 23.2 Å². The lowest BCUT2D eigenvalue weighted by atomic mass is 9.94. The van der Waals surface area contributed by atoms with Crippen LogP contribution in [0.5, 0.6) is 5.75 Å². The molecule has 2 bridgehead atoms. The third kappa shape index (κ3) is 11.5. The first kappa shape index (κ1) is 47.9. The van der Waals surface area contributed by atoms with Gasteiger partial charge in [0.25, 0.3) is 0 Å². The van der Waals surface area contributed by atoms with Crippen LogP contribution in [-0.4, -0.2) is 156 Å². The smallest absolute Gasteiger partial charge is 0.246 e. The topological polar surface area (TPSA) is 361 Å². The van der Waals surface area contributed by atoms with Crippen molar-refractivity contribution in [3.8, 4) is 5.75 Å². The molecule has 13 N–H and O–H groups in total. The second kappa shape index (κ2) is 20.4. The Morgan fingerprint density at radius 2 is 1.52 bits per heavy atom. The number of aromatic hydroxyl groups is 1. The van der Waals surface area contributed by atoms with Crippen molar-refractivity contribution < 1.29 is 62.7 Å². The number of aliphatic hydroxyl groups excluding tert-OH is 2. The minimum Gasteiger partial charge on any atom is -0.508 e. The Labute approximate surface area is 363 Å². The van der Waals surface area contributed by atoms with Crippen LogP contribution >= 0.6 is 0 Å². The molecule has 3 aliphatic rings. The van der Waals surface area contributed by atoms with Gasteiger partial charge in [0.15, 0.2) is 0 Å². The van der Waals surface area contributed by atoms with Gasteiger partial charge in [0.2, 0.25) is 53.2 Å². The number of benzene rings is 1. The van der Waals surface area contributed by atoms with Crippen LogP contribution < -0.4 is 43.0 Å². The summed E-state index contributed by atoms with van der Waals surface area (Å²) in [7, 11) is -2.35. The van der Waals surface area contributed by atoms with Crippen molar-refractivity contribution >= 4 is 74.9 Å². The number of aliphatic hydroxyl groups is 2. The first-order chi connectivity index (χ1) is 29.7. The van der Waals surface area contributed by atoms with E-state index >= 15 is 0 Å². The maximum absolute atomic E-state index is 14.6. The van der Waals surface area contributed by atoms with Gasteiger partial charge < -0.3 is 68.2 Å². The van der Waals surface area contributed by atoms with Crippen LogP contribution in [0.25, 0.3) is 10.9 Å². The average molecular weight is 903 g/mol. The second-order valence-electron chi connectivity index (χ2n) is 16.1. The number of nitrogens with two attached hydrogens (primary N) is 1. The van der Waals surface area contributed by atoms with Gasteiger partial charge in [-0.05, 0) is 30.5 Å². The number of phenolic OH excluding ortho intramolecular Hbond substituents is 1. The summed E-state index contributed by atoms with van der Waals surface area (Å²) in [6.45, 7) is 4.23. The van der Waals surface area contributed by atoms with Crippen LogP contribution in [-0.2, 0) is 60.4 Å². The highest BCUT2D eigenvalue weighted by molar-refractivity contribution is 7.85. The van der Waals surface area contributed by atoms with Crippen LogP contribution in [0.1, 0.15) is 52.5 Å². The summed E-state index contributed by atoms with van der Waals surface area (Å²) in [4.78, 5) is 127. The number of hydrogen-bond acceptors (Lipinski definition) is 13. The number of aromatic amines is 1. The van der Waals surface area contributed by atoms with E-state index in [2.05, 4.69) is 42.2 Å². The van der Waals surface area contributed by atoms with E-state index in [1.54, 1.807) is 13.8 Å². The van der Waals surface area contributed by atoms with Crippen molar-refractivity contribution in [1.29, 1.82) is 0 Å². The number of carbonyl (C=O) groups is 9. The predicted octanol–water partition coefficient (Wildman–Crippen LogP) is -4.89. The molecule has 0 unspecified atom stereocenters. The number of carbonyl (C=O) groups excluding carboxylic acids is 9. The quantitative estimate of drug-likeness (QED) is 0.130. The van der Waals surface area contributed by atoms with Crippen LogP contribution in [0, 0.1) is 11.8 Å². The standard InChI is InChI=1S/C39H54N10O13S/c1-5-16(2)31-36(59)42-12-29(54)43-26-15-63(62)38-22(21-7-6-19(51)8-23(21)46-38)10-24(33(56)41-13-30(55)47-31)44-37(60)32(17(3)18(4)50)48-35(58)27-9-20(52)14-49(27)39(61)25(11-28(40)53)45-34(26)57/h6-8,16-18,20,24-27,31-32,46,50-52H,5,9-15H2,1-4H3,(H2,40,53)(H,41,56)(H,42,59)(H,43,54)(H,44,60)(H,45,57)(H,47,55)(H,48,58)/t16-,17+,18+,20-,24+,25+,26+,27+,31+,32+,63-/m1/s1. The molecule has 3 aliphatic heterocycles. The molecule has 344 valence electrons. The normalized spacial score (nSPS) is 28.8. The van der Waals surface area contributed by atoms with Gasteiger partial charge in [0.05, 0.1) is 53.8 Å². The van der Waals surface area contributed by atoms with Gasteiger partial charge in [-0.2, -0.15) is 0 Å². The highest BCUT2D eigenvalue weighted by atomic mass is 32.2. The molecule has 0 saturated carbocycles. The minimum absolute atomic E-state index is 0.117. The Kier molecular flexibility index (Phi) is 15.5. The van der Waals surface area contributed by atoms with E-state index in [-0.39, 0.29) is 28.3 Å². The summed E-state index contributed by atoms with van der Waals surface area (Å²) >= 11 is 0. The van der Waals surface area contributed by atoms with Crippen LogP contribution in [0.4, 0.5) is 0 Å². The SMILES string of the molecule is CC[C@@H](C)[C@@H]1NC(=O)CNC(=O)[C@@H]2Cc3c([nH]c4cc(O)ccc34)[S@](=O)C[C@H](NC(=O)CNC1=O)C(=O)N[C@@H](CC(N)=O)C(=O)N1C[C@H](O)C[C@H]1C(=O)N[C@@H]([C@@H](C)[C@H](C)O)C(=O)N2. The maximum Gasteiger partial charge on any atom is 0.246 e. The van der Waals surface area contributed by atoms with Gasteiger partial charge in [-0.15, -0.1) is 0 Å². The Balaban J connectivity index is 1.73. The molecule has 0 spiro atoms. The van der Waals surface area contributed by atoms with Crippen molar-refractivity contribution in [2.75, 3.05) is 25.4 Å². The van der Waals surface area contributed by atoms with Gasteiger partial charge in [-0.25, -0.2) is 0 Å². The number of amides is 9. The van der Waals surface area contributed by atoms with Crippen molar-refractivity contribution in [3.63, 3.8) is 0 Å². The van der Waals surface area contributed by atoms with Gasteiger partial charge in [0.1, 0.15) is 47.0 Å². The molecule has 0 aliphatic carbocycles. The van der Waals surface area contributed by atoms with E-state index in [0.717, 1.165) is 4.90 Å². The third-order valence-corrected chi connectivity index (χ3v) is 12.9. The lowest BCUT2D eigenvalue weighted by molar-refractivity contribution is -0.144. The number of fused-ring (bicyclic) bond motifs is 5. The molecule has 4 heterocycles. The Hall–Kier alpha value is -6.14.